The number of thioether (sulfide) groups is 1. The second-order valence-corrected chi connectivity index (χ2v) is 7.82. The van der Waals surface area contributed by atoms with Gasteiger partial charge in [-0.05, 0) is 48.2 Å². The summed E-state index contributed by atoms with van der Waals surface area (Å²) in [5.41, 5.74) is 6.85. The zero-order chi connectivity index (χ0) is 22.0. The Morgan fingerprint density at radius 1 is 1.13 bits per heavy atom. The van der Waals surface area contributed by atoms with Gasteiger partial charge in [-0.1, -0.05) is 18.2 Å². The molecule has 3 amide bonds. The number of aromatic nitrogens is 1. The molecule has 2 aromatic carbocycles. The van der Waals surface area contributed by atoms with E-state index in [1.807, 2.05) is 24.3 Å². The van der Waals surface area contributed by atoms with Crippen molar-refractivity contribution in [1.82, 2.24) is 9.47 Å². The smallest absolute Gasteiger partial charge is 0.293 e. The molecule has 2 heterocycles. The molecule has 0 atom stereocenters. The Kier molecular flexibility index (Phi) is 5.77. The maximum Gasteiger partial charge on any atom is 0.293 e. The third-order valence-corrected chi connectivity index (χ3v) is 5.61. The normalized spacial score (nSPS) is 15.3. The van der Waals surface area contributed by atoms with Gasteiger partial charge in [0, 0.05) is 22.7 Å². The minimum Gasteiger partial charge on any atom is -0.492 e. The topological polar surface area (TPSA) is 94.6 Å². The third-order valence-electron chi connectivity index (χ3n) is 4.70. The van der Waals surface area contributed by atoms with Crippen LogP contribution < -0.4 is 10.5 Å². The van der Waals surface area contributed by atoms with Crippen molar-refractivity contribution in [2.75, 3.05) is 13.2 Å². The number of para-hydroxylation sites is 1. The van der Waals surface area contributed by atoms with E-state index >= 15 is 0 Å². The van der Waals surface area contributed by atoms with E-state index < -0.39 is 11.8 Å². The van der Waals surface area contributed by atoms with Gasteiger partial charge in [-0.25, -0.2) is 4.39 Å². The number of ether oxygens (including phenoxy) is 1. The molecule has 0 spiro atoms. The van der Waals surface area contributed by atoms with Gasteiger partial charge in [0.1, 0.15) is 24.7 Å². The monoisotopic (exact) mass is 439 g/mol. The predicted molar refractivity (Wildman–Crippen MR) is 116 cm³/mol. The van der Waals surface area contributed by atoms with Gasteiger partial charge in [-0.3, -0.25) is 19.3 Å². The van der Waals surface area contributed by atoms with E-state index in [1.165, 1.54) is 24.3 Å². The molecule has 0 radical (unpaired) electrons. The maximum absolute atomic E-state index is 13.0. The zero-order valence-electron chi connectivity index (χ0n) is 16.3. The number of fused-ring (bicyclic) bond motifs is 1. The van der Waals surface area contributed by atoms with Crippen LogP contribution in [0.4, 0.5) is 9.18 Å². The lowest BCUT2D eigenvalue weighted by atomic mass is 10.1. The fourth-order valence-electron chi connectivity index (χ4n) is 3.31. The molecular weight excluding hydrogens is 421 g/mol. The highest BCUT2D eigenvalue weighted by Crippen LogP contribution is 2.34. The number of rotatable bonds is 7. The maximum atomic E-state index is 13.0. The van der Waals surface area contributed by atoms with Crippen molar-refractivity contribution in [2.24, 2.45) is 5.73 Å². The van der Waals surface area contributed by atoms with E-state index in [0.29, 0.717) is 11.3 Å². The second-order valence-electron chi connectivity index (χ2n) is 6.83. The highest BCUT2D eigenvalue weighted by Gasteiger charge is 2.35. The molecule has 9 heteroatoms. The summed E-state index contributed by atoms with van der Waals surface area (Å²) < 4.78 is 20.1. The summed E-state index contributed by atoms with van der Waals surface area (Å²) in [7, 11) is 0. The standard InChI is InChI=1S/C22H18FN3O4S/c23-15-5-7-16(8-6-15)30-10-9-26-21(28)19(31-22(26)29)11-14-12-25(13-20(24)27)18-4-2-1-3-17(14)18/h1-8,11-12H,9-10,13H2,(H2,24,27)/b19-11-. The van der Waals surface area contributed by atoms with Crippen LogP contribution in [-0.4, -0.2) is 39.7 Å². The molecule has 1 aliphatic rings. The van der Waals surface area contributed by atoms with Crippen LogP contribution in [0.2, 0.25) is 0 Å². The highest BCUT2D eigenvalue weighted by molar-refractivity contribution is 8.18. The molecule has 2 N–H and O–H groups in total. The summed E-state index contributed by atoms with van der Waals surface area (Å²) in [5, 5.41) is 0.454. The minimum absolute atomic E-state index is 0.0105. The Morgan fingerprint density at radius 3 is 2.61 bits per heavy atom. The highest BCUT2D eigenvalue weighted by atomic mass is 32.2. The fraction of sp³-hybridized carbons (Fsp3) is 0.136. The van der Waals surface area contributed by atoms with Crippen molar-refractivity contribution in [1.29, 1.82) is 0 Å². The number of carbonyl (C=O) groups is 3. The van der Waals surface area contributed by atoms with E-state index in [9.17, 15) is 18.8 Å². The quantitative estimate of drug-likeness (QED) is 0.570. The van der Waals surface area contributed by atoms with Crippen LogP contribution in [0.15, 0.2) is 59.6 Å². The number of hydrogen-bond acceptors (Lipinski definition) is 5. The van der Waals surface area contributed by atoms with E-state index in [4.69, 9.17) is 10.5 Å². The van der Waals surface area contributed by atoms with Crippen molar-refractivity contribution in [3.8, 4) is 5.75 Å². The summed E-state index contributed by atoms with van der Waals surface area (Å²) in [4.78, 5) is 37.9. The van der Waals surface area contributed by atoms with Crippen LogP contribution in [0.5, 0.6) is 5.75 Å². The van der Waals surface area contributed by atoms with Gasteiger partial charge in [-0.2, -0.15) is 0 Å². The SMILES string of the molecule is NC(=O)Cn1cc(/C=C2\SC(=O)N(CCOc3ccc(F)cc3)C2=O)c2ccccc21. The van der Waals surface area contributed by atoms with Gasteiger partial charge in [0.25, 0.3) is 11.1 Å². The number of primary amides is 1. The van der Waals surface area contributed by atoms with Gasteiger partial charge < -0.3 is 15.0 Å². The molecular formula is C22H18FN3O4S. The minimum atomic E-state index is -0.478. The Morgan fingerprint density at radius 2 is 1.87 bits per heavy atom. The van der Waals surface area contributed by atoms with Gasteiger partial charge in [-0.15, -0.1) is 0 Å². The van der Waals surface area contributed by atoms with Gasteiger partial charge in [0.2, 0.25) is 5.91 Å². The van der Waals surface area contributed by atoms with E-state index in [1.54, 1.807) is 16.8 Å². The Hall–Kier alpha value is -3.59. The van der Waals surface area contributed by atoms with Crippen molar-refractivity contribution in [3.63, 3.8) is 0 Å². The van der Waals surface area contributed by atoms with Crippen LogP contribution in [0.3, 0.4) is 0 Å². The molecule has 1 fully saturated rings. The molecule has 0 saturated carbocycles. The molecule has 158 valence electrons. The molecule has 0 aliphatic carbocycles. The number of amides is 3. The van der Waals surface area contributed by atoms with Crippen molar-refractivity contribution in [2.45, 2.75) is 6.54 Å². The van der Waals surface area contributed by atoms with Crippen LogP contribution in [0, 0.1) is 5.82 Å². The fourth-order valence-corrected chi connectivity index (χ4v) is 4.16. The average Bonchev–Trinajstić information content (AvgIpc) is 3.21. The summed E-state index contributed by atoms with van der Waals surface area (Å²) in [6.07, 6.45) is 3.38. The zero-order valence-corrected chi connectivity index (χ0v) is 17.1. The number of halogens is 1. The molecule has 1 saturated heterocycles. The first kappa shape index (κ1) is 20.7. The van der Waals surface area contributed by atoms with Crippen molar-refractivity contribution < 1.29 is 23.5 Å². The number of nitrogens with zero attached hydrogens (tertiary/aromatic N) is 2. The van der Waals surface area contributed by atoms with Crippen molar-refractivity contribution >= 4 is 45.8 Å². The molecule has 1 aliphatic heterocycles. The van der Waals surface area contributed by atoms with E-state index in [-0.39, 0.29) is 35.7 Å². The lowest BCUT2D eigenvalue weighted by Gasteiger charge is -2.13. The average molecular weight is 439 g/mol. The number of benzene rings is 2. The summed E-state index contributed by atoms with van der Waals surface area (Å²) in [6.45, 7) is 0.175. The first-order chi connectivity index (χ1) is 14.9. The van der Waals surface area contributed by atoms with Crippen LogP contribution >= 0.6 is 11.8 Å². The number of nitrogens with two attached hydrogens (primary N) is 1. The molecule has 4 rings (SSSR count). The van der Waals surface area contributed by atoms with Crippen LogP contribution in [0.1, 0.15) is 5.56 Å². The summed E-state index contributed by atoms with van der Waals surface area (Å²) in [6, 6.07) is 12.9. The number of imide groups is 1. The molecule has 31 heavy (non-hydrogen) atoms. The van der Waals surface area contributed by atoms with E-state index in [2.05, 4.69) is 0 Å². The van der Waals surface area contributed by atoms with Crippen LogP contribution in [0.25, 0.3) is 17.0 Å². The number of hydrogen-bond donors (Lipinski definition) is 1. The molecule has 0 bridgehead atoms. The Labute approximate surface area is 181 Å². The molecule has 0 unspecified atom stereocenters. The predicted octanol–water partition coefficient (Wildman–Crippen LogP) is 3.38. The number of carbonyl (C=O) groups excluding carboxylic acids is 3. The Bertz CT molecular complexity index is 1200. The van der Waals surface area contributed by atoms with Crippen LogP contribution in [-0.2, 0) is 16.1 Å². The van der Waals surface area contributed by atoms with E-state index in [0.717, 1.165) is 27.6 Å². The largest absolute Gasteiger partial charge is 0.492 e. The van der Waals surface area contributed by atoms with Gasteiger partial charge in [0.15, 0.2) is 0 Å². The molecule has 3 aromatic rings. The molecule has 1 aromatic heterocycles. The first-order valence-corrected chi connectivity index (χ1v) is 10.2. The summed E-state index contributed by atoms with van der Waals surface area (Å²) in [5.74, 6) is -0.815. The lowest BCUT2D eigenvalue weighted by molar-refractivity contribution is -0.123. The third kappa shape index (κ3) is 4.46. The molecule has 7 nitrogen and oxygen atoms in total. The van der Waals surface area contributed by atoms with Gasteiger partial charge in [0.05, 0.1) is 11.4 Å². The van der Waals surface area contributed by atoms with Crippen molar-refractivity contribution in [3.05, 3.63) is 71.0 Å². The summed E-state index contributed by atoms with van der Waals surface area (Å²) >= 11 is 0.849. The first-order valence-electron chi connectivity index (χ1n) is 9.42. The van der Waals surface area contributed by atoms with Gasteiger partial charge >= 0.3 is 0 Å². The lowest BCUT2D eigenvalue weighted by Crippen LogP contribution is -2.32. The second kappa shape index (κ2) is 8.65. The Balaban J connectivity index is 1.50.